The first-order valence-electron chi connectivity index (χ1n) is 7.36. The lowest BCUT2D eigenvalue weighted by Gasteiger charge is -2.22. The van der Waals surface area contributed by atoms with Gasteiger partial charge < -0.3 is 9.47 Å². The molecule has 0 N–H and O–H groups in total. The molecule has 0 bridgehead atoms. The molecule has 1 atom stereocenters. The summed E-state index contributed by atoms with van der Waals surface area (Å²) in [7, 11) is 0. The van der Waals surface area contributed by atoms with Crippen LogP contribution in [-0.4, -0.2) is 18.2 Å². The lowest BCUT2D eigenvalue weighted by atomic mass is 10.0. The zero-order valence-electron chi connectivity index (χ0n) is 13.7. The van der Waals surface area contributed by atoms with Crippen LogP contribution in [0.4, 0.5) is 22.0 Å². The predicted octanol–water partition coefficient (Wildman–Crippen LogP) is 4.93. The largest absolute Gasteiger partial charge is 0.491 e. The number of benzene rings is 1. The van der Waals surface area contributed by atoms with Crippen molar-refractivity contribution in [2.45, 2.75) is 58.4 Å². The van der Waals surface area contributed by atoms with E-state index in [9.17, 15) is 26.7 Å². The molecule has 0 fully saturated rings. The summed E-state index contributed by atoms with van der Waals surface area (Å²) >= 11 is 0. The van der Waals surface area contributed by atoms with E-state index >= 15 is 0 Å². The third kappa shape index (κ3) is 4.82. The van der Waals surface area contributed by atoms with Crippen LogP contribution < -0.4 is 4.74 Å². The molecule has 0 spiro atoms. The zero-order chi connectivity index (χ0) is 18.7. The number of esters is 1. The predicted molar refractivity (Wildman–Crippen MR) is 76.9 cm³/mol. The second kappa shape index (κ2) is 7.36. The third-order valence-corrected chi connectivity index (χ3v) is 3.15. The van der Waals surface area contributed by atoms with Crippen molar-refractivity contribution in [1.29, 1.82) is 0 Å². The first-order valence-corrected chi connectivity index (χ1v) is 7.36. The van der Waals surface area contributed by atoms with Gasteiger partial charge in [0.25, 0.3) is 0 Å². The van der Waals surface area contributed by atoms with Crippen molar-refractivity contribution in [1.82, 2.24) is 0 Å². The van der Waals surface area contributed by atoms with Crippen LogP contribution in [-0.2, 0) is 21.6 Å². The number of rotatable bonds is 6. The molecule has 1 aromatic carbocycles. The maximum absolute atomic E-state index is 14.2. The number of halogens is 5. The Morgan fingerprint density at radius 2 is 1.67 bits per heavy atom. The van der Waals surface area contributed by atoms with Crippen molar-refractivity contribution in [3.8, 4) is 5.75 Å². The molecule has 0 aliphatic carbocycles. The Kier molecular flexibility index (Phi) is 6.19. The molecule has 0 saturated carbocycles. The number of hydrogen-bond acceptors (Lipinski definition) is 3. The maximum atomic E-state index is 14.2. The van der Waals surface area contributed by atoms with Gasteiger partial charge in [-0.3, -0.25) is 0 Å². The number of hydrogen-bond donors (Lipinski definition) is 0. The summed E-state index contributed by atoms with van der Waals surface area (Å²) in [6.45, 7) is 6.13. The number of alkyl halides is 5. The second-order valence-corrected chi connectivity index (χ2v) is 5.57. The van der Waals surface area contributed by atoms with Crippen molar-refractivity contribution in [3.05, 3.63) is 29.3 Å². The molecule has 0 heterocycles. The van der Waals surface area contributed by atoms with Gasteiger partial charge in [0, 0.05) is 5.56 Å². The number of carbonyl (C=O) groups is 1. The summed E-state index contributed by atoms with van der Waals surface area (Å²) in [5.74, 6) is -6.66. The van der Waals surface area contributed by atoms with Crippen molar-refractivity contribution in [3.63, 3.8) is 0 Å². The van der Waals surface area contributed by atoms with Gasteiger partial charge in [0.1, 0.15) is 5.75 Å². The quantitative estimate of drug-likeness (QED) is 0.537. The second-order valence-electron chi connectivity index (χ2n) is 5.57. The van der Waals surface area contributed by atoms with E-state index in [0.717, 1.165) is 6.07 Å². The Balaban J connectivity index is 3.32. The lowest BCUT2D eigenvalue weighted by molar-refractivity contribution is -0.180. The molecule has 0 aliphatic heterocycles. The minimum absolute atomic E-state index is 0.216. The average Bonchev–Trinajstić information content (AvgIpc) is 2.45. The van der Waals surface area contributed by atoms with Crippen LogP contribution in [0.25, 0.3) is 0 Å². The Hall–Kier alpha value is -1.86. The number of ether oxygens (including phenoxy) is 2. The van der Waals surface area contributed by atoms with Crippen molar-refractivity contribution >= 4 is 5.97 Å². The van der Waals surface area contributed by atoms with E-state index in [1.165, 1.54) is 6.92 Å². The van der Waals surface area contributed by atoms with Crippen LogP contribution >= 0.6 is 0 Å². The first kappa shape index (κ1) is 20.2. The van der Waals surface area contributed by atoms with Gasteiger partial charge in [0.15, 0.2) is 0 Å². The summed E-state index contributed by atoms with van der Waals surface area (Å²) in [5.41, 5.74) is -3.09. The summed E-state index contributed by atoms with van der Waals surface area (Å²) in [4.78, 5) is 11.6. The zero-order valence-corrected chi connectivity index (χ0v) is 13.7. The van der Waals surface area contributed by atoms with Gasteiger partial charge >= 0.3 is 18.1 Å². The van der Waals surface area contributed by atoms with E-state index in [2.05, 4.69) is 4.74 Å². The van der Waals surface area contributed by atoms with E-state index in [0.29, 0.717) is 12.1 Å². The highest BCUT2D eigenvalue weighted by Gasteiger charge is 2.49. The molecule has 1 aromatic rings. The fourth-order valence-corrected chi connectivity index (χ4v) is 1.83. The Morgan fingerprint density at radius 1 is 1.08 bits per heavy atom. The van der Waals surface area contributed by atoms with Crippen LogP contribution in [0, 0.1) is 0 Å². The van der Waals surface area contributed by atoms with Gasteiger partial charge in [-0.25, -0.2) is 4.79 Å². The van der Waals surface area contributed by atoms with Crippen molar-refractivity contribution in [2.75, 3.05) is 0 Å². The molecule has 8 heteroatoms. The van der Waals surface area contributed by atoms with Gasteiger partial charge in [-0.1, -0.05) is 6.92 Å². The molecule has 24 heavy (non-hydrogen) atoms. The van der Waals surface area contributed by atoms with Crippen molar-refractivity contribution < 1.29 is 36.2 Å². The minimum atomic E-state index is -5.08. The van der Waals surface area contributed by atoms with E-state index in [1.54, 1.807) is 20.8 Å². The topological polar surface area (TPSA) is 35.5 Å². The van der Waals surface area contributed by atoms with Crippen molar-refractivity contribution in [2.24, 2.45) is 0 Å². The molecule has 1 unspecified atom stereocenters. The first-order chi connectivity index (χ1) is 10.9. The highest BCUT2D eigenvalue weighted by Crippen LogP contribution is 2.42. The Labute approximate surface area is 136 Å². The molecule has 0 aromatic heterocycles. The van der Waals surface area contributed by atoms with Crippen LogP contribution in [0.2, 0.25) is 0 Å². The molecule has 136 valence electrons. The molecule has 1 rings (SSSR count). The Bertz CT molecular complexity index is 582. The van der Waals surface area contributed by atoms with Gasteiger partial charge in [-0.15, -0.1) is 0 Å². The smallest absolute Gasteiger partial charge is 0.417 e. The average molecular weight is 354 g/mol. The molecular weight excluding hydrogens is 335 g/mol. The molecular formula is C16H19F5O3. The van der Waals surface area contributed by atoms with E-state index in [-0.39, 0.29) is 12.2 Å². The third-order valence-electron chi connectivity index (χ3n) is 3.15. The highest BCUT2D eigenvalue weighted by molar-refractivity contribution is 5.80. The standard InChI is InChI=1S/C16H19F5O3/c1-5-10(4)24-14(22)15(17,18)12-7-6-11(23-9(2)3)8-13(12)16(19,20)21/h6-10H,5H2,1-4H3. The van der Waals surface area contributed by atoms with E-state index in [4.69, 9.17) is 4.74 Å². The van der Waals surface area contributed by atoms with Gasteiger partial charge in [-0.05, 0) is 45.4 Å². The van der Waals surface area contributed by atoms with Gasteiger partial charge in [0.2, 0.25) is 0 Å². The van der Waals surface area contributed by atoms with Crippen LogP contribution in [0.3, 0.4) is 0 Å². The van der Waals surface area contributed by atoms with Gasteiger partial charge in [0.05, 0.1) is 17.8 Å². The normalized spacial score (nSPS) is 13.8. The number of carbonyl (C=O) groups excluding carboxylic acids is 1. The summed E-state index contributed by atoms with van der Waals surface area (Å²) in [6, 6.07) is 1.97. The van der Waals surface area contributed by atoms with Crippen LogP contribution in [0.5, 0.6) is 5.75 Å². The monoisotopic (exact) mass is 354 g/mol. The van der Waals surface area contributed by atoms with Gasteiger partial charge in [-0.2, -0.15) is 22.0 Å². The minimum Gasteiger partial charge on any atom is -0.491 e. The highest BCUT2D eigenvalue weighted by atomic mass is 19.4. The molecule has 3 nitrogen and oxygen atoms in total. The lowest BCUT2D eigenvalue weighted by Crippen LogP contribution is -2.33. The van der Waals surface area contributed by atoms with E-state index in [1.807, 2.05) is 0 Å². The maximum Gasteiger partial charge on any atom is 0.417 e. The fraction of sp³-hybridized carbons (Fsp3) is 0.562. The SMILES string of the molecule is CCC(C)OC(=O)C(F)(F)c1ccc(OC(C)C)cc1C(F)(F)F. The molecule has 0 radical (unpaired) electrons. The van der Waals surface area contributed by atoms with Crippen LogP contribution in [0.1, 0.15) is 45.2 Å². The van der Waals surface area contributed by atoms with Crippen LogP contribution in [0.15, 0.2) is 18.2 Å². The summed E-state index contributed by atoms with van der Waals surface area (Å²) < 4.78 is 77.5. The Morgan fingerprint density at radius 3 is 2.12 bits per heavy atom. The summed E-state index contributed by atoms with van der Waals surface area (Å²) in [5, 5.41) is 0. The molecule has 0 aliphatic rings. The van der Waals surface area contributed by atoms with E-state index < -0.39 is 41.4 Å². The molecule has 0 saturated heterocycles. The molecule has 0 amide bonds. The summed E-state index contributed by atoms with van der Waals surface area (Å²) in [6.07, 6.45) is -6.09. The fourth-order valence-electron chi connectivity index (χ4n) is 1.83.